The van der Waals surface area contributed by atoms with E-state index in [4.69, 9.17) is 4.74 Å². The van der Waals surface area contributed by atoms with Crippen LogP contribution >= 0.6 is 0 Å². The van der Waals surface area contributed by atoms with E-state index < -0.39 is 23.2 Å². The number of rotatable bonds is 6. The number of aromatic carboxylic acids is 1. The molecule has 1 N–H and O–H groups in total. The molecule has 3 rings (SSSR count). The van der Waals surface area contributed by atoms with E-state index in [1.165, 1.54) is 28.8 Å². The Morgan fingerprint density at radius 3 is 2.59 bits per heavy atom. The van der Waals surface area contributed by atoms with Crippen LogP contribution in [0.25, 0.3) is 11.4 Å². The molecule has 0 spiro atoms. The summed E-state index contributed by atoms with van der Waals surface area (Å²) in [4.78, 5) is 28.2. The largest absolute Gasteiger partial charge is 0.478 e. The Balaban J connectivity index is 2.01. The fraction of sp³-hybridized carbons (Fsp3) is 0.190. The lowest BCUT2D eigenvalue weighted by Crippen LogP contribution is -2.24. The first kappa shape index (κ1) is 20.2. The van der Waals surface area contributed by atoms with Crippen molar-refractivity contribution >= 4 is 5.97 Å². The van der Waals surface area contributed by atoms with Crippen molar-refractivity contribution in [3.05, 3.63) is 81.6 Å². The standard InChI is InChI=1S/C21H18F2N2O4/c1-12(2)25-19(26)10-18(29-11-15-6-7-16(22)9-17(15)23)24-20(25)13-4-3-5-14(8-13)21(27)28/h3-10,12H,11H2,1-2H3,(H,27,28). The molecule has 29 heavy (non-hydrogen) atoms. The van der Waals surface area contributed by atoms with Crippen LogP contribution in [0.3, 0.4) is 0 Å². The molecule has 0 radical (unpaired) electrons. The first-order valence-corrected chi connectivity index (χ1v) is 8.80. The van der Waals surface area contributed by atoms with E-state index in [-0.39, 0.29) is 35.5 Å². The van der Waals surface area contributed by atoms with Crippen molar-refractivity contribution in [2.24, 2.45) is 0 Å². The van der Waals surface area contributed by atoms with Crippen LogP contribution in [0.15, 0.2) is 53.3 Å². The van der Waals surface area contributed by atoms with Gasteiger partial charge in [0, 0.05) is 23.2 Å². The predicted molar refractivity (Wildman–Crippen MR) is 102 cm³/mol. The number of ether oxygens (including phenoxy) is 1. The second kappa shape index (κ2) is 8.22. The Morgan fingerprint density at radius 2 is 1.93 bits per heavy atom. The van der Waals surface area contributed by atoms with Crippen LogP contribution < -0.4 is 10.3 Å². The number of carboxylic acid groups (broad SMARTS) is 1. The fourth-order valence-corrected chi connectivity index (χ4v) is 2.83. The minimum Gasteiger partial charge on any atom is -0.478 e. The lowest BCUT2D eigenvalue weighted by Gasteiger charge is -2.17. The molecule has 0 saturated carbocycles. The molecule has 3 aromatic rings. The highest BCUT2D eigenvalue weighted by Crippen LogP contribution is 2.23. The van der Waals surface area contributed by atoms with E-state index in [2.05, 4.69) is 4.98 Å². The normalized spacial score (nSPS) is 10.9. The molecule has 0 aliphatic carbocycles. The van der Waals surface area contributed by atoms with Gasteiger partial charge in [0.1, 0.15) is 24.1 Å². The van der Waals surface area contributed by atoms with Crippen molar-refractivity contribution in [1.82, 2.24) is 9.55 Å². The molecule has 6 nitrogen and oxygen atoms in total. The molecule has 0 bridgehead atoms. The Labute approximate surface area is 165 Å². The van der Waals surface area contributed by atoms with Crippen molar-refractivity contribution in [3.63, 3.8) is 0 Å². The van der Waals surface area contributed by atoms with E-state index in [0.29, 0.717) is 5.56 Å². The monoisotopic (exact) mass is 400 g/mol. The minimum absolute atomic E-state index is 0.0479. The van der Waals surface area contributed by atoms with Crippen LogP contribution in [0, 0.1) is 11.6 Å². The maximum Gasteiger partial charge on any atom is 0.335 e. The van der Waals surface area contributed by atoms with Gasteiger partial charge >= 0.3 is 5.97 Å². The van der Waals surface area contributed by atoms with Crippen LogP contribution in [-0.2, 0) is 6.61 Å². The molecule has 0 fully saturated rings. The van der Waals surface area contributed by atoms with Gasteiger partial charge in [0.25, 0.3) is 5.56 Å². The van der Waals surface area contributed by atoms with Crippen molar-refractivity contribution in [2.45, 2.75) is 26.5 Å². The number of carbonyl (C=O) groups is 1. The summed E-state index contributed by atoms with van der Waals surface area (Å²) in [5.74, 6) is -2.40. The van der Waals surface area contributed by atoms with Gasteiger partial charge in [-0.3, -0.25) is 9.36 Å². The zero-order valence-electron chi connectivity index (χ0n) is 15.7. The highest BCUT2D eigenvalue weighted by Gasteiger charge is 2.16. The van der Waals surface area contributed by atoms with Gasteiger partial charge in [-0.1, -0.05) is 12.1 Å². The topological polar surface area (TPSA) is 81.4 Å². The van der Waals surface area contributed by atoms with Gasteiger partial charge in [-0.2, -0.15) is 4.98 Å². The molecule has 0 amide bonds. The van der Waals surface area contributed by atoms with Crippen LogP contribution in [-0.4, -0.2) is 20.6 Å². The summed E-state index contributed by atoms with van der Waals surface area (Å²) >= 11 is 0. The molecule has 0 aliphatic rings. The van der Waals surface area contributed by atoms with Crippen molar-refractivity contribution in [1.29, 1.82) is 0 Å². The molecule has 0 atom stereocenters. The lowest BCUT2D eigenvalue weighted by atomic mass is 10.1. The van der Waals surface area contributed by atoms with E-state index in [1.54, 1.807) is 26.0 Å². The Bertz CT molecular complexity index is 1130. The zero-order chi connectivity index (χ0) is 21.1. The fourth-order valence-electron chi connectivity index (χ4n) is 2.83. The Morgan fingerprint density at radius 1 is 1.17 bits per heavy atom. The third-order valence-corrected chi connectivity index (χ3v) is 4.20. The van der Waals surface area contributed by atoms with Gasteiger partial charge in [-0.25, -0.2) is 13.6 Å². The molecule has 0 aliphatic heterocycles. The van der Waals surface area contributed by atoms with Gasteiger partial charge in [0.05, 0.1) is 11.6 Å². The van der Waals surface area contributed by atoms with Gasteiger partial charge < -0.3 is 9.84 Å². The molecule has 8 heteroatoms. The molecule has 1 aromatic heterocycles. The molecular formula is C21H18F2N2O4. The number of carboxylic acids is 1. The average Bonchev–Trinajstić information content (AvgIpc) is 2.66. The number of halogens is 2. The van der Waals surface area contributed by atoms with Crippen LogP contribution in [0.4, 0.5) is 8.78 Å². The van der Waals surface area contributed by atoms with Crippen molar-refractivity contribution < 1.29 is 23.4 Å². The summed E-state index contributed by atoms with van der Waals surface area (Å²) in [6, 6.07) is 10.0. The quantitative estimate of drug-likeness (QED) is 0.675. The Hall–Kier alpha value is -3.55. The van der Waals surface area contributed by atoms with Crippen LogP contribution in [0.1, 0.15) is 35.8 Å². The number of hydrogen-bond acceptors (Lipinski definition) is 4. The van der Waals surface area contributed by atoms with Crippen molar-refractivity contribution in [3.8, 4) is 17.3 Å². The molecule has 0 unspecified atom stereocenters. The molecular weight excluding hydrogens is 382 g/mol. The molecule has 2 aromatic carbocycles. The Kier molecular flexibility index (Phi) is 5.72. The lowest BCUT2D eigenvalue weighted by molar-refractivity contribution is 0.0697. The van der Waals surface area contributed by atoms with Crippen molar-refractivity contribution in [2.75, 3.05) is 0 Å². The smallest absolute Gasteiger partial charge is 0.335 e. The summed E-state index contributed by atoms with van der Waals surface area (Å²) < 4.78 is 33.7. The average molecular weight is 400 g/mol. The number of aromatic nitrogens is 2. The highest BCUT2D eigenvalue weighted by atomic mass is 19.1. The first-order valence-electron chi connectivity index (χ1n) is 8.80. The molecule has 150 valence electrons. The summed E-state index contributed by atoms with van der Waals surface area (Å²) in [6.07, 6.45) is 0. The second-order valence-corrected chi connectivity index (χ2v) is 6.63. The highest BCUT2D eigenvalue weighted by molar-refractivity contribution is 5.89. The number of nitrogens with zero attached hydrogens (tertiary/aromatic N) is 2. The summed E-state index contributed by atoms with van der Waals surface area (Å²) in [6.45, 7) is 3.34. The molecule has 1 heterocycles. The van der Waals surface area contributed by atoms with E-state index in [1.807, 2.05) is 0 Å². The number of benzene rings is 2. The SMILES string of the molecule is CC(C)n1c(-c2cccc(C(=O)O)c2)nc(OCc2ccc(F)cc2F)cc1=O. The van der Waals surface area contributed by atoms with Gasteiger partial charge in [-0.15, -0.1) is 0 Å². The maximum absolute atomic E-state index is 13.8. The predicted octanol–water partition coefficient (Wildman–Crippen LogP) is 4.05. The second-order valence-electron chi connectivity index (χ2n) is 6.63. The summed E-state index contributed by atoms with van der Waals surface area (Å²) in [5, 5.41) is 9.22. The third kappa shape index (κ3) is 4.48. The van der Waals surface area contributed by atoms with Gasteiger partial charge in [0.2, 0.25) is 5.88 Å². The van der Waals surface area contributed by atoms with E-state index in [9.17, 15) is 23.5 Å². The van der Waals surface area contributed by atoms with Crippen LogP contribution in [0.2, 0.25) is 0 Å². The summed E-state index contributed by atoms with van der Waals surface area (Å²) in [7, 11) is 0. The minimum atomic E-state index is -1.11. The van der Waals surface area contributed by atoms with Gasteiger partial charge in [-0.05, 0) is 38.1 Å². The first-order chi connectivity index (χ1) is 13.8. The maximum atomic E-state index is 13.8. The van der Waals surface area contributed by atoms with E-state index in [0.717, 1.165) is 12.1 Å². The third-order valence-electron chi connectivity index (χ3n) is 4.20. The summed E-state index contributed by atoms with van der Waals surface area (Å²) in [5.41, 5.74) is 0.178. The van der Waals surface area contributed by atoms with E-state index >= 15 is 0 Å². The zero-order valence-corrected chi connectivity index (χ0v) is 15.7. The van der Waals surface area contributed by atoms with Crippen LogP contribution in [0.5, 0.6) is 5.88 Å². The molecule has 0 saturated heterocycles. The van der Waals surface area contributed by atoms with Gasteiger partial charge in [0.15, 0.2) is 0 Å². The number of hydrogen-bond donors (Lipinski definition) is 1.